The normalized spacial score (nSPS) is 10.0. The number of methoxy groups -OCH3 is 1. The van der Waals surface area contributed by atoms with Crippen LogP contribution in [0, 0.1) is 5.82 Å². The molecular formula is C16H17FN2O2. The molecule has 0 unspecified atom stereocenters. The summed E-state index contributed by atoms with van der Waals surface area (Å²) < 4.78 is 18.7. The Morgan fingerprint density at radius 1 is 1.19 bits per heavy atom. The van der Waals surface area contributed by atoms with Gasteiger partial charge < -0.3 is 15.4 Å². The Hall–Kier alpha value is -2.56. The Bertz CT molecular complexity index is 627. The van der Waals surface area contributed by atoms with Gasteiger partial charge in [-0.3, -0.25) is 4.79 Å². The van der Waals surface area contributed by atoms with Crippen molar-refractivity contribution in [3.63, 3.8) is 0 Å². The molecule has 0 aliphatic heterocycles. The third-order valence-corrected chi connectivity index (χ3v) is 3.10. The van der Waals surface area contributed by atoms with Crippen LogP contribution in [0.1, 0.15) is 15.9 Å². The predicted octanol–water partition coefficient (Wildman–Crippen LogP) is 2.81. The highest BCUT2D eigenvalue weighted by Crippen LogP contribution is 2.21. The zero-order chi connectivity index (χ0) is 15.2. The van der Waals surface area contributed by atoms with E-state index in [0.29, 0.717) is 23.5 Å². The maximum absolute atomic E-state index is 13.7. The van der Waals surface area contributed by atoms with Crippen LogP contribution < -0.4 is 15.4 Å². The molecule has 2 aromatic rings. The SMILES string of the molecule is CNC(=O)c1ccc(CNc2cc(OC)ccc2F)cc1. The molecule has 0 heterocycles. The second-order valence-corrected chi connectivity index (χ2v) is 4.48. The van der Waals surface area contributed by atoms with Crippen LogP contribution in [-0.2, 0) is 6.54 Å². The predicted molar refractivity (Wildman–Crippen MR) is 80.1 cm³/mol. The van der Waals surface area contributed by atoms with E-state index in [1.54, 1.807) is 31.3 Å². The maximum atomic E-state index is 13.7. The van der Waals surface area contributed by atoms with Crippen molar-refractivity contribution in [1.29, 1.82) is 0 Å². The molecule has 0 spiro atoms. The summed E-state index contributed by atoms with van der Waals surface area (Å²) in [6.45, 7) is 0.456. The molecule has 0 bridgehead atoms. The van der Waals surface area contributed by atoms with E-state index in [1.807, 2.05) is 12.1 Å². The molecule has 4 nitrogen and oxygen atoms in total. The molecule has 0 saturated carbocycles. The fourth-order valence-corrected chi connectivity index (χ4v) is 1.88. The van der Waals surface area contributed by atoms with Crippen LogP contribution >= 0.6 is 0 Å². The molecule has 1 amide bonds. The third kappa shape index (κ3) is 3.72. The number of hydrogen-bond donors (Lipinski definition) is 2. The lowest BCUT2D eigenvalue weighted by Gasteiger charge is -2.10. The van der Waals surface area contributed by atoms with Crippen LogP contribution in [0.4, 0.5) is 10.1 Å². The van der Waals surface area contributed by atoms with Crippen molar-refractivity contribution < 1.29 is 13.9 Å². The first kappa shape index (κ1) is 14.8. The van der Waals surface area contributed by atoms with E-state index in [1.165, 1.54) is 13.2 Å². The molecule has 21 heavy (non-hydrogen) atoms. The van der Waals surface area contributed by atoms with E-state index in [4.69, 9.17) is 4.74 Å². The molecule has 0 aliphatic rings. The number of anilines is 1. The van der Waals surface area contributed by atoms with Gasteiger partial charge in [-0.05, 0) is 29.8 Å². The minimum Gasteiger partial charge on any atom is -0.497 e. The van der Waals surface area contributed by atoms with E-state index < -0.39 is 0 Å². The highest BCUT2D eigenvalue weighted by atomic mass is 19.1. The van der Waals surface area contributed by atoms with Gasteiger partial charge in [0, 0.05) is 25.2 Å². The van der Waals surface area contributed by atoms with Crippen LogP contribution in [0.15, 0.2) is 42.5 Å². The number of rotatable bonds is 5. The third-order valence-electron chi connectivity index (χ3n) is 3.10. The van der Waals surface area contributed by atoms with Crippen molar-refractivity contribution >= 4 is 11.6 Å². The van der Waals surface area contributed by atoms with Crippen LogP contribution in [0.5, 0.6) is 5.75 Å². The molecule has 0 fully saturated rings. The van der Waals surface area contributed by atoms with Crippen molar-refractivity contribution in [3.8, 4) is 5.75 Å². The number of halogens is 1. The Labute approximate surface area is 122 Å². The topological polar surface area (TPSA) is 50.4 Å². The number of nitrogens with one attached hydrogen (secondary N) is 2. The molecule has 2 aromatic carbocycles. The molecule has 0 atom stereocenters. The molecule has 0 radical (unpaired) electrons. The summed E-state index contributed by atoms with van der Waals surface area (Å²) in [7, 11) is 3.12. The number of hydrogen-bond acceptors (Lipinski definition) is 3. The lowest BCUT2D eigenvalue weighted by Crippen LogP contribution is -2.17. The standard InChI is InChI=1S/C16H17FN2O2/c1-18-16(20)12-5-3-11(4-6-12)10-19-15-9-13(21-2)7-8-14(15)17/h3-9,19H,10H2,1-2H3,(H,18,20). The number of carbonyl (C=O) groups is 1. The van der Waals surface area contributed by atoms with Gasteiger partial charge in [-0.1, -0.05) is 12.1 Å². The minimum atomic E-state index is -0.335. The largest absolute Gasteiger partial charge is 0.497 e. The first-order chi connectivity index (χ1) is 10.1. The fourth-order valence-electron chi connectivity index (χ4n) is 1.88. The molecule has 5 heteroatoms. The lowest BCUT2D eigenvalue weighted by molar-refractivity contribution is 0.0963. The number of carbonyl (C=O) groups excluding carboxylic acids is 1. The van der Waals surface area contributed by atoms with Gasteiger partial charge in [0.05, 0.1) is 12.8 Å². The first-order valence-electron chi connectivity index (χ1n) is 6.52. The summed E-state index contributed by atoms with van der Waals surface area (Å²) >= 11 is 0. The van der Waals surface area contributed by atoms with Crippen LogP contribution in [0.2, 0.25) is 0 Å². The maximum Gasteiger partial charge on any atom is 0.251 e. The summed E-state index contributed by atoms with van der Waals surface area (Å²) in [5.74, 6) is 0.125. The smallest absolute Gasteiger partial charge is 0.251 e. The first-order valence-corrected chi connectivity index (χ1v) is 6.52. The Balaban J connectivity index is 2.04. The van der Waals surface area contributed by atoms with E-state index >= 15 is 0 Å². The van der Waals surface area contributed by atoms with Crippen LogP contribution in [0.3, 0.4) is 0 Å². The monoisotopic (exact) mass is 288 g/mol. The summed E-state index contributed by atoms with van der Waals surface area (Å²) in [5.41, 5.74) is 1.92. The summed E-state index contributed by atoms with van der Waals surface area (Å²) in [6, 6.07) is 11.7. The van der Waals surface area contributed by atoms with E-state index in [0.717, 1.165) is 5.56 Å². The zero-order valence-corrected chi connectivity index (χ0v) is 11.9. The molecule has 110 valence electrons. The molecule has 0 aromatic heterocycles. The highest BCUT2D eigenvalue weighted by Gasteiger charge is 2.05. The zero-order valence-electron chi connectivity index (χ0n) is 11.9. The van der Waals surface area contributed by atoms with Gasteiger partial charge in [0.25, 0.3) is 5.91 Å². The van der Waals surface area contributed by atoms with Gasteiger partial charge in [0.15, 0.2) is 0 Å². The molecule has 2 N–H and O–H groups in total. The van der Waals surface area contributed by atoms with Crippen molar-refractivity contribution in [2.75, 3.05) is 19.5 Å². The Morgan fingerprint density at radius 2 is 1.90 bits per heavy atom. The van der Waals surface area contributed by atoms with Crippen molar-refractivity contribution in [1.82, 2.24) is 5.32 Å². The van der Waals surface area contributed by atoms with Gasteiger partial charge >= 0.3 is 0 Å². The quantitative estimate of drug-likeness (QED) is 0.889. The Kier molecular flexibility index (Phi) is 4.77. The van der Waals surface area contributed by atoms with Gasteiger partial charge in [-0.2, -0.15) is 0 Å². The van der Waals surface area contributed by atoms with Gasteiger partial charge in [-0.15, -0.1) is 0 Å². The average molecular weight is 288 g/mol. The second-order valence-electron chi connectivity index (χ2n) is 4.48. The van der Waals surface area contributed by atoms with Crippen molar-refractivity contribution in [3.05, 3.63) is 59.4 Å². The van der Waals surface area contributed by atoms with Gasteiger partial charge in [-0.25, -0.2) is 4.39 Å². The van der Waals surface area contributed by atoms with E-state index in [9.17, 15) is 9.18 Å². The summed E-state index contributed by atoms with van der Waals surface area (Å²) in [6.07, 6.45) is 0. The van der Waals surface area contributed by atoms with E-state index in [2.05, 4.69) is 10.6 Å². The molecular weight excluding hydrogens is 271 g/mol. The fraction of sp³-hybridized carbons (Fsp3) is 0.188. The highest BCUT2D eigenvalue weighted by molar-refractivity contribution is 5.93. The second kappa shape index (κ2) is 6.74. The minimum absolute atomic E-state index is 0.131. The Morgan fingerprint density at radius 3 is 2.52 bits per heavy atom. The van der Waals surface area contributed by atoms with Gasteiger partial charge in [0.2, 0.25) is 0 Å². The summed E-state index contributed by atoms with van der Waals surface area (Å²) in [5, 5.41) is 5.57. The van der Waals surface area contributed by atoms with Crippen molar-refractivity contribution in [2.45, 2.75) is 6.54 Å². The van der Waals surface area contributed by atoms with Crippen molar-refractivity contribution in [2.24, 2.45) is 0 Å². The summed E-state index contributed by atoms with van der Waals surface area (Å²) in [4.78, 5) is 11.4. The molecule has 2 rings (SSSR count). The average Bonchev–Trinajstić information content (AvgIpc) is 2.54. The number of ether oxygens (including phenoxy) is 1. The van der Waals surface area contributed by atoms with E-state index in [-0.39, 0.29) is 11.7 Å². The molecule has 0 saturated heterocycles. The lowest BCUT2D eigenvalue weighted by atomic mass is 10.1. The number of benzene rings is 2. The van der Waals surface area contributed by atoms with Crippen LogP contribution in [-0.4, -0.2) is 20.1 Å². The van der Waals surface area contributed by atoms with Crippen LogP contribution in [0.25, 0.3) is 0 Å². The number of amides is 1. The molecule has 0 aliphatic carbocycles. The van der Waals surface area contributed by atoms with Gasteiger partial charge in [0.1, 0.15) is 11.6 Å².